The Morgan fingerprint density at radius 3 is 2.15 bits per heavy atom. The highest BCUT2D eigenvalue weighted by atomic mass is 16.5. The van der Waals surface area contributed by atoms with Gasteiger partial charge in [-0.3, -0.25) is 4.79 Å². The number of ether oxygens (including phenoxy) is 1. The Morgan fingerprint density at radius 2 is 1.48 bits per heavy atom. The number of hydrogen-bond donors (Lipinski definition) is 0. The van der Waals surface area contributed by atoms with Gasteiger partial charge in [0.05, 0.1) is 5.56 Å². The van der Waals surface area contributed by atoms with E-state index >= 15 is 0 Å². The van der Waals surface area contributed by atoms with Crippen LogP contribution < -0.4 is 0 Å². The Labute approximate surface area is 161 Å². The van der Waals surface area contributed by atoms with Crippen LogP contribution in [0.1, 0.15) is 59.9 Å². The Bertz CT molecular complexity index is 841. The largest absolute Gasteiger partial charge is 0.458 e. The average molecular weight is 362 g/mol. The number of hydrogen-bond acceptors (Lipinski definition) is 3. The summed E-state index contributed by atoms with van der Waals surface area (Å²) < 4.78 is 5.37. The van der Waals surface area contributed by atoms with Crippen molar-refractivity contribution in [2.75, 3.05) is 6.61 Å². The minimum absolute atomic E-state index is 0.184. The molecule has 0 aromatic heterocycles. The van der Waals surface area contributed by atoms with E-state index in [1.54, 1.807) is 48.5 Å². The molecule has 140 valence electrons. The predicted molar refractivity (Wildman–Crippen MR) is 109 cm³/mol. The first-order valence-corrected chi connectivity index (χ1v) is 9.14. The number of rotatable bonds is 8. The summed E-state index contributed by atoms with van der Waals surface area (Å²) in [6, 6.07) is 15.7. The summed E-state index contributed by atoms with van der Waals surface area (Å²) in [5, 5.41) is 0. The molecule has 0 aliphatic heterocycles. The van der Waals surface area contributed by atoms with Gasteiger partial charge in [0, 0.05) is 11.1 Å². The van der Waals surface area contributed by atoms with Crippen molar-refractivity contribution in [3.8, 4) is 0 Å². The summed E-state index contributed by atoms with van der Waals surface area (Å²) in [5.41, 5.74) is 3.68. The SMILES string of the molecule is CC(C)=CCCC(C)=CCOC(=O)c1ccccc1C(=O)c1ccccc1. The molecule has 0 atom stereocenters. The van der Waals surface area contributed by atoms with Crippen molar-refractivity contribution in [1.82, 2.24) is 0 Å². The number of allylic oxidation sites excluding steroid dienone is 3. The van der Waals surface area contributed by atoms with Gasteiger partial charge in [-0.05, 0) is 45.8 Å². The minimum atomic E-state index is -0.483. The van der Waals surface area contributed by atoms with Gasteiger partial charge in [0.25, 0.3) is 0 Å². The molecule has 2 aromatic rings. The van der Waals surface area contributed by atoms with Gasteiger partial charge in [-0.1, -0.05) is 65.8 Å². The zero-order chi connectivity index (χ0) is 19.6. The Balaban J connectivity index is 2.03. The van der Waals surface area contributed by atoms with Crippen molar-refractivity contribution < 1.29 is 14.3 Å². The topological polar surface area (TPSA) is 43.4 Å². The summed E-state index contributed by atoms with van der Waals surface area (Å²) in [4.78, 5) is 25.2. The highest BCUT2D eigenvalue weighted by Crippen LogP contribution is 2.16. The molecule has 0 spiro atoms. The summed E-state index contributed by atoms with van der Waals surface area (Å²) in [6.07, 6.45) is 6.02. The molecule has 0 saturated heterocycles. The third-order valence-corrected chi connectivity index (χ3v) is 4.17. The van der Waals surface area contributed by atoms with E-state index < -0.39 is 5.97 Å². The van der Waals surface area contributed by atoms with Crippen LogP contribution in [0.5, 0.6) is 0 Å². The fourth-order valence-electron chi connectivity index (χ4n) is 2.63. The maximum absolute atomic E-state index is 12.7. The van der Waals surface area contributed by atoms with Crippen molar-refractivity contribution in [2.24, 2.45) is 0 Å². The van der Waals surface area contributed by atoms with E-state index in [0.717, 1.165) is 12.8 Å². The fourth-order valence-corrected chi connectivity index (χ4v) is 2.63. The monoisotopic (exact) mass is 362 g/mol. The maximum atomic E-state index is 12.7. The van der Waals surface area contributed by atoms with E-state index in [1.165, 1.54) is 11.1 Å². The highest BCUT2D eigenvalue weighted by molar-refractivity contribution is 6.14. The van der Waals surface area contributed by atoms with Crippen LogP contribution in [-0.4, -0.2) is 18.4 Å². The normalized spacial score (nSPS) is 11.0. The van der Waals surface area contributed by atoms with Crippen LogP contribution in [0.25, 0.3) is 0 Å². The van der Waals surface area contributed by atoms with E-state index in [2.05, 4.69) is 19.9 Å². The molecule has 2 rings (SSSR count). The molecular formula is C24H26O3. The van der Waals surface area contributed by atoms with Crippen LogP contribution in [0.3, 0.4) is 0 Å². The van der Waals surface area contributed by atoms with Crippen molar-refractivity contribution in [2.45, 2.75) is 33.6 Å². The third-order valence-electron chi connectivity index (χ3n) is 4.17. The van der Waals surface area contributed by atoms with Gasteiger partial charge in [-0.2, -0.15) is 0 Å². The molecule has 0 radical (unpaired) electrons. The van der Waals surface area contributed by atoms with Gasteiger partial charge in [-0.15, -0.1) is 0 Å². The van der Waals surface area contributed by atoms with Gasteiger partial charge < -0.3 is 4.74 Å². The minimum Gasteiger partial charge on any atom is -0.458 e. The second kappa shape index (κ2) is 10.3. The molecule has 0 aliphatic carbocycles. The average Bonchev–Trinajstić information content (AvgIpc) is 2.67. The number of carbonyl (C=O) groups is 2. The number of benzene rings is 2. The van der Waals surface area contributed by atoms with Crippen molar-refractivity contribution >= 4 is 11.8 Å². The molecule has 2 aromatic carbocycles. The summed E-state index contributed by atoms with van der Waals surface area (Å²) in [6.45, 7) is 6.39. The molecule has 0 aliphatic rings. The van der Waals surface area contributed by atoms with Crippen molar-refractivity contribution in [3.63, 3.8) is 0 Å². The Hall–Kier alpha value is -2.94. The number of carbonyl (C=O) groups excluding carboxylic acids is 2. The first kappa shape index (κ1) is 20.4. The molecule has 0 saturated carbocycles. The molecule has 0 unspecified atom stereocenters. The van der Waals surface area contributed by atoms with Crippen LogP contribution in [0, 0.1) is 0 Å². The molecule has 3 nitrogen and oxygen atoms in total. The van der Waals surface area contributed by atoms with Gasteiger partial charge in [0.1, 0.15) is 6.61 Å². The van der Waals surface area contributed by atoms with Crippen LogP contribution in [0.15, 0.2) is 77.9 Å². The Kier molecular flexibility index (Phi) is 7.75. The van der Waals surface area contributed by atoms with E-state index in [1.807, 2.05) is 19.1 Å². The molecule has 0 N–H and O–H groups in total. The van der Waals surface area contributed by atoms with Crippen molar-refractivity contribution in [1.29, 1.82) is 0 Å². The molecule has 0 amide bonds. The fraction of sp³-hybridized carbons (Fsp3) is 0.250. The van der Waals surface area contributed by atoms with E-state index in [4.69, 9.17) is 4.74 Å². The number of esters is 1. The first-order chi connectivity index (χ1) is 13.0. The molecule has 27 heavy (non-hydrogen) atoms. The summed E-state index contributed by atoms with van der Waals surface area (Å²) in [7, 11) is 0. The lowest BCUT2D eigenvalue weighted by molar-refractivity contribution is 0.0546. The van der Waals surface area contributed by atoms with Crippen LogP contribution >= 0.6 is 0 Å². The summed E-state index contributed by atoms with van der Waals surface area (Å²) in [5.74, 6) is -0.667. The second-order valence-electron chi connectivity index (χ2n) is 6.71. The lowest BCUT2D eigenvalue weighted by Gasteiger charge is -2.08. The maximum Gasteiger partial charge on any atom is 0.339 e. The van der Waals surface area contributed by atoms with E-state index in [9.17, 15) is 9.59 Å². The highest BCUT2D eigenvalue weighted by Gasteiger charge is 2.18. The second-order valence-corrected chi connectivity index (χ2v) is 6.71. The third kappa shape index (κ3) is 6.37. The molecule has 3 heteroatoms. The quantitative estimate of drug-likeness (QED) is 0.340. The number of ketones is 1. The molecular weight excluding hydrogens is 336 g/mol. The molecule has 0 fully saturated rings. The molecule has 0 bridgehead atoms. The van der Waals surface area contributed by atoms with Gasteiger partial charge in [-0.25, -0.2) is 4.79 Å². The lowest BCUT2D eigenvalue weighted by Crippen LogP contribution is -2.12. The van der Waals surface area contributed by atoms with Gasteiger partial charge in [0.15, 0.2) is 5.78 Å². The predicted octanol–water partition coefficient (Wildman–Crippen LogP) is 5.77. The lowest BCUT2D eigenvalue weighted by atomic mass is 9.98. The zero-order valence-electron chi connectivity index (χ0n) is 16.2. The van der Waals surface area contributed by atoms with Gasteiger partial charge >= 0.3 is 5.97 Å². The van der Waals surface area contributed by atoms with Crippen LogP contribution in [-0.2, 0) is 4.74 Å². The van der Waals surface area contributed by atoms with Crippen molar-refractivity contribution in [3.05, 3.63) is 94.6 Å². The first-order valence-electron chi connectivity index (χ1n) is 9.14. The Morgan fingerprint density at radius 1 is 0.852 bits per heavy atom. The van der Waals surface area contributed by atoms with Crippen LogP contribution in [0.4, 0.5) is 0 Å². The standard InChI is InChI=1S/C24H26O3/c1-18(2)10-9-11-19(3)16-17-27-24(26)22-15-8-7-14-21(22)23(25)20-12-5-4-6-13-20/h4-8,10,12-16H,9,11,17H2,1-3H3. The van der Waals surface area contributed by atoms with E-state index in [-0.39, 0.29) is 12.4 Å². The van der Waals surface area contributed by atoms with Gasteiger partial charge in [0.2, 0.25) is 0 Å². The summed E-state index contributed by atoms with van der Waals surface area (Å²) >= 11 is 0. The zero-order valence-corrected chi connectivity index (χ0v) is 16.2. The van der Waals surface area contributed by atoms with E-state index in [0.29, 0.717) is 16.7 Å². The molecule has 0 heterocycles. The van der Waals surface area contributed by atoms with Crippen LogP contribution in [0.2, 0.25) is 0 Å². The smallest absolute Gasteiger partial charge is 0.339 e.